The first kappa shape index (κ1) is 11.6. The molecule has 0 radical (unpaired) electrons. The van der Waals surface area contributed by atoms with Crippen molar-refractivity contribution in [2.75, 3.05) is 12.4 Å². The zero-order chi connectivity index (χ0) is 11.4. The SMILES string of the molecule is CCCCn1c(O)cc(C)c(NC)c1=O. The second-order valence-electron chi connectivity index (χ2n) is 3.62. The second-order valence-corrected chi connectivity index (χ2v) is 3.62. The molecule has 0 saturated carbocycles. The highest BCUT2D eigenvalue weighted by Gasteiger charge is 2.09. The summed E-state index contributed by atoms with van der Waals surface area (Å²) in [6, 6.07) is 1.61. The summed E-state index contributed by atoms with van der Waals surface area (Å²) in [6.45, 7) is 4.42. The molecular weight excluding hydrogens is 192 g/mol. The first-order valence-corrected chi connectivity index (χ1v) is 5.23. The molecule has 0 atom stereocenters. The Labute approximate surface area is 89.6 Å². The van der Waals surface area contributed by atoms with Gasteiger partial charge in [0.05, 0.1) is 0 Å². The minimum absolute atomic E-state index is 0.0463. The number of aromatic hydroxyl groups is 1. The fourth-order valence-electron chi connectivity index (χ4n) is 1.59. The molecule has 1 heterocycles. The van der Waals surface area contributed by atoms with E-state index in [9.17, 15) is 9.90 Å². The average Bonchev–Trinajstić information content (AvgIpc) is 2.17. The molecule has 1 aromatic rings. The van der Waals surface area contributed by atoms with Gasteiger partial charge >= 0.3 is 0 Å². The van der Waals surface area contributed by atoms with E-state index in [0.717, 1.165) is 18.4 Å². The lowest BCUT2D eigenvalue weighted by molar-refractivity contribution is 0.401. The number of unbranched alkanes of at least 4 members (excludes halogenated alkanes) is 1. The van der Waals surface area contributed by atoms with Gasteiger partial charge in [0.15, 0.2) is 5.88 Å². The zero-order valence-corrected chi connectivity index (χ0v) is 9.50. The summed E-state index contributed by atoms with van der Waals surface area (Å²) in [5, 5.41) is 12.5. The third kappa shape index (κ3) is 2.32. The third-order valence-corrected chi connectivity index (χ3v) is 2.46. The standard InChI is InChI=1S/C11H18N2O2/c1-4-5-6-13-9(14)7-8(2)10(12-3)11(13)15/h7,12,14H,4-6H2,1-3H3. The van der Waals surface area contributed by atoms with E-state index in [0.29, 0.717) is 12.2 Å². The summed E-state index contributed by atoms with van der Waals surface area (Å²) in [7, 11) is 1.71. The minimum Gasteiger partial charge on any atom is -0.494 e. The monoisotopic (exact) mass is 210 g/mol. The normalized spacial score (nSPS) is 10.3. The molecule has 84 valence electrons. The van der Waals surface area contributed by atoms with Crippen molar-refractivity contribution >= 4 is 5.69 Å². The highest BCUT2D eigenvalue weighted by molar-refractivity contribution is 5.49. The van der Waals surface area contributed by atoms with Crippen molar-refractivity contribution in [1.29, 1.82) is 0 Å². The second kappa shape index (κ2) is 4.87. The maximum absolute atomic E-state index is 11.9. The number of aryl methyl sites for hydroxylation is 1. The molecule has 0 fully saturated rings. The summed E-state index contributed by atoms with van der Waals surface area (Å²) < 4.78 is 1.41. The minimum atomic E-state index is -0.150. The van der Waals surface area contributed by atoms with Crippen LogP contribution in [0.2, 0.25) is 0 Å². The molecule has 0 aliphatic heterocycles. The van der Waals surface area contributed by atoms with Gasteiger partial charge in [0.2, 0.25) is 0 Å². The Balaban J connectivity index is 3.20. The highest BCUT2D eigenvalue weighted by Crippen LogP contribution is 2.16. The third-order valence-electron chi connectivity index (χ3n) is 2.46. The van der Waals surface area contributed by atoms with Crippen LogP contribution < -0.4 is 10.9 Å². The van der Waals surface area contributed by atoms with Gasteiger partial charge in [-0.15, -0.1) is 0 Å². The molecule has 0 aromatic carbocycles. The van der Waals surface area contributed by atoms with Crippen molar-refractivity contribution in [1.82, 2.24) is 4.57 Å². The molecule has 0 unspecified atom stereocenters. The smallest absolute Gasteiger partial charge is 0.276 e. The van der Waals surface area contributed by atoms with E-state index in [4.69, 9.17) is 0 Å². The van der Waals surface area contributed by atoms with Gasteiger partial charge < -0.3 is 10.4 Å². The Kier molecular flexibility index (Phi) is 3.77. The number of pyridine rings is 1. The number of aromatic nitrogens is 1. The first-order valence-electron chi connectivity index (χ1n) is 5.23. The zero-order valence-electron chi connectivity index (χ0n) is 9.50. The predicted molar refractivity (Wildman–Crippen MR) is 61.6 cm³/mol. The van der Waals surface area contributed by atoms with Crippen molar-refractivity contribution in [3.8, 4) is 5.88 Å². The van der Waals surface area contributed by atoms with Gasteiger partial charge in [-0.3, -0.25) is 9.36 Å². The lowest BCUT2D eigenvalue weighted by Crippen LogP contribution is -2.23. The molecule has 0 aliphatic rings. The summed E-state index contributed by atoms with van der Waals surface area (Å²) in [5.74, 6) is 0.0463. The summed E-state index contributed by atoms with van der Waals surface area (Å²) in [6.07, 6.45) is 1.88. The van der Waals surface area contributed by atoms with Gasteiger partial charge in [-0.1, -0.05) is 13.3 Å². The van der Waals surface area contributed by atoms with E-state index in [2.05, 4.69) is 12.2 Å². The van der Waals surface area contributed by atoms with Crippen LogP contribution in [0, 0.1) is 6.92 Å². The van der Waals surface area contributed by atoms with Crippen LogP contribution in [0.3, 0.4) is 0 Å². The largest absolute Gasteiger partial charge is 0.494 e. The van der Waals surface area contributed by atoms with Gasteiger partial charge in [0.1, 0.15) is 5.69 Å². The molecular formula is C11H18N2O2. The van der Waals surface area contributed by atoms with Gasteiger partial charge in [-0.05, 0) is 18.9 Å². The van der Waals surface area contributed by atoms with Crippen LogP contribution in [0.15, 0.2) is 10.9 Å². The Morgan fingerprint density at radius 1 is 1.53 bits per heavy atom. The summed E-state index contributed by atoms with van der Waals surface area (Å²) >= 11 is 0. The molecule has 0 bridgehead atoms. The van der Waals surface area contributed by atoms with E-state index in [-0.39, 0.29) is 11.4 Å². The average molecular weight is 210 g/mol. The molecule has 2 N–H and O–H groups in total. The Morgan fingerprint density at radius 3 is 2.73 bits per heavy atom. The summed E-state index contributed by atoms with van der Waals surface area (Å²) in [4.78, 5) is 11.9. The topological polar surface area (TPSA) is 54.3 Å². The number of nitrogens with one attached hydrogen (secondary N) is 1. The van der Waals surface area contributed by atoms with E-state index in [1.807, 2.05) is 0 Å². The molecule has 1 aromatic heterocycles. The number of nitrogens with zero attached hydrogens (tertiary/aromatic N) is 1. The molecule has 4 heteroatoms. The molecule has 15 heavy (non-hydrogen) atoms. The van der Waals surface area contributed by atoms with Crippen LogP contribution in [0.4, 0.5) is 5.69 Å². The maximum Gasteiger partial charge on any atom is 0.276 e. The van der Waals surface area contributed by atoms with Crippen LogP contribution in [-0.2, 0) is 6.54 Å². The predicted octanol–water partition coefficient (Wildman–Crippen LogP) is 1.70. The van der Waals surface area contributed by atoms with Crippen LogP contribution in [0.1, 0.15) is 25.3 Å². The van der Waals surface area contributed by atoms with Crippen molar-refractivity contribution in [3.63, 3.8) is 0 Å². The molecule has 4 nitrogen and oxygen atoms in total. The Morgan fingerprint density at radius 2 is 2.20 bits per heavy atom. The molecule has 0 aliphatic carbocycles. The highest BCUT2D eigenvalue weighted by atomic mass is 16.3. The fraction of sp³-hybridized carbons (Fsp3) is 0.545. The van der Waals surface area contributed by atoms with Gasteiger partial charge in [0.25, 0.3) is 5.56 Å². The van der Waals surface area contributed by atoms with Crippen molar-refractivity contribution in [2.45, 2.75) is 33.2 Å². The van der Waals surface area contributed by atoms with Crippen LogP contribution in [-0.4, -0.2) is 16.7 Å². The lowest BCUT2D eigenvalue weighted by atomic mass is 10.2. The van der Waals surface area contributed by atoms with Crippen molar-refractivity contribution < 1.29 is 5.11 Å². The molecule has 0 saturated heterocycles. The van der Waals surface area contributed by atoms with Gasteiger partial charge in [0, 0.05) is 19.7 Å². The lowest BCUT2D eigenvalue weighted by Gasteiger charge is -2.12. The van der Waals surface area contributed by atoms with E-state index >= 15 is 0 Å². The molecule has 0 amide bonds. The first-order chi connectivity index (χ1) is 7.11. The fourth-order valence-corrected chi connectivity index (χ4v) is 1.59. The van der Waals surface area contributed by atoms with Gasteiger partial charge in [-0.2, -0.15) is 0 Å². The van der Waals surface area contributed by atoms with Crippen LogP contribution in [0.5, 0.6) is 5.88 Å². The number of hydrogen-bond acceptors (Lipinski definition) is 3. The van der Waals surface area contributed by atoms with E-state index in [1.54, 1.807) is 20.0 Å². The molecule has 0 spiro atoms. The van der Waals surface area contributed by atoms with Crippen LogP contribution in [0.25, 0.3) is 0 Å². The maximum atomic E-state index is 11.9. The number of hydrogen-bond donors (Lipinski definition) is 2. The van der Waals surface area contributed by atoms with Crippen LogP contribution >= 0.6 is 0 Å². The van der Waals surface area contributed by atoms with Crippen molar-refractivity contribution in [3.05, 3.63) is 22.0 Å². The summed E-state index contributed by atoms with van der Waals surface area (Å²) in [5.41, 5.74) is 1.18. The Bertz CT molecular complexity index is 396. The van der Waals surface area contributed by atoms with Gasteiger partial charge in [-0.25, -0.2) is 0 Å². The number of rotatable bonds is 4. The van der Waals surface area contributed by atoms with E-state index in [1.165, 1.54) is 4.57 Å². The quantitative estimate of drug-likeness (QED) is 0.795. The van der Waals surface area contributed by atoms with Crippen molar-refractivity contribution in [2.24, 2.45) is 0 Å². The molecule has 1 rings (SSSR count). The Hall–Kier alpha value is -1.45. The number of anilines is 1. The van der Waals surface area contributed by atoms with E-state index < -0.39 is 0 Å².